The Morgan fingerprint density at radius 1 is 1.14 bits per heavy atom. The fourth-order valence-electron chi connectivity index (χ4n) is 4.24. The molecule has 190 valence electrons. The Morgan fingerprint density at radius 3 is 2.70 bits per heavy atom. The standard InChI is InChI=1S/C28H28FN5O3/c1-17-12-20(8-9-23(17)26(36)13-19-6-7-19)25-16-32-28-24(31-11-10-30-18(2)35)15-27(33-34(25)28)37-22-5-3-4-21(29)14-22/h3-5,8-9,12,14-16,19,31H,6-7,10-11,13H2,1-2H3,(H,30,35). The minimum atomic E-state index is -0.414. The molecule has 0 unspecified atom stereocenters. The topological polar surface area (TPSA) is 97.6 Å². The number of rotatable bonds is 10. The molecule has 1 amide bonds. The summed E-state index contributed by atoms with van der Waals surface area (Å²) in [6, 6.07) is 13.3. The number of imidazole rings is 1. The summed E-state index contributed by atoms with van der Waals surface area (Å²) < 4.78 is 21.3. The summed E-state index contributed by atoms with van der Waals surface area (Å²) >= 11 is 0. The minimum Gasteiger partial charge on any atom is -0.437 e. The molecule has 1 saturated carbocycles. The normalized spacial score (nSPS) is 12.9. The third-order valence-corrected chi connectivity index (χ3v) is 6.27. The van der Waals surface area contributed by atoms with Crippen LogP contribution in [0.15, 0.2) is 54.7 Å². The minimum absolute atomic E-state index is 0.116. The fraction of sp³-hybridized carbons (Fsp3) is 0.286. The van der Waals surface area contributed by atoms with Crippen LogP contribution in [0.3, 0.4) is 0 Å². The number of anilines is 1. The highest BCUT2D eigenvalue weighted by Gasteiger charge is 2.25. The van der Waals surface area contributed by atoms with E-state index in [1.807, 2.05) is 25.1 Å². The van der Waals surface area contributed by atoms with Gasteiger partial charge in [-0.05, 0) is 49.4 Å². The lowest BCUT2D eigenvalue weighted by Crippen LogP contribution is -2.26. The van der Waals surface area contributed by atoms with E-state index >= 15 is 0 Å². The molecule has 37 heavy (non-hydrogen) atoms. The number of ketones is 1. The Balaban J connectivity index is 1.49. The van der Waals surface area contributed by atoms with Crippen LogP contribution >= 0.6 is 0 Å². The van der Waals surface area contributed by atoms with Gasteiger partial charge in [-0.1, -0.05) is 18.2 Å². The van der Waals surface area contributed by atoms with Gasteiger partial charge in [0.2, 0.25) is 11.8 Å². The van der Waals surface area contributed by atoms with E-state index in [9.17, 15) is 14.0 Å². The van der Waals surface area contributed by atoms with Crippen LogP contribution in [0.4, 0.5) is 10.1 Å². The number of Topliss-reactive ketones (excluding diaryl/α,β-unsaturated/α-hetero) is 1. The maximum absolute atomic E-state index is 13.7. The number of aromatic nitrogens is 3. The third kappa shape index (κ3) is 5.77. The van der Waals surface area contributed by atoms with Gasteiger partial charge in [0, 0.05) is 49.7 Å². The lowest BCUT2D eigenvalue weighted by Gasteiger charge is -2.12. The highest BCUT2D eigenvalue weighted by Crippen LogP contribution is 2.34. The van der Waals surface area contributed by atoms with Crippen molar-refractivity contribution >= 4 is 23.0 Å². The largest absolute Gasteiger partial charge is 0.437 e. The second kappa shape index (κ2) is 10.4. The van der Waals surface area contributed by atoms with Gasteiger partial charge in [0.05, 0.1) is 17.6 Å². The van der Waals surface area contributed by atoms with Gasteiger partial charge in [-0.2, -0.15) is 0 Å². The first-order chi connectivity index (χ1) is 17.9. The average Bonchev–Trinajstić information content (AvgIpc) is 3.56. The number of carbonyl (C=O) groups excluding carboxylic acids is 2. The summed E-state index contributed by atoms with van der Waals surface area (Å²) in [4.78, 5) is 28.5. The van der Waals surface area contributed by atoms with Crippen molar-refractivity contribution in [3.63, 3.8) is 0 Å². The van der Waals surface area contributed by atoms with Gasteiger partial charge in [0.15, 0.2) is 11.4 Å². The molecule has 0 spiro atoms. The summed E-state index contributed by atoms with van der Waals surface area (Å²) in [6.07, 6.45) is 4.59. The number of nitrogens with zero attached hydrogens (tertiary/aromatic N) is 3. The molecule has 8 nitrogen and oxygen atoms in total. The Bertz CT molecular complexity index is 1480. The Morgan fingerprint density at radius 2 is 1.97 bits per heavy atom. The van der Waals surface area contributed by atoms with Crippen LogP contribution < -0.4 is 15.4 Å². The van der Waals surface area contributed by atoms with Crippen molar-refractivity contribution in [2.75, 3.05) is 18.4 Å². The van der Waals surface area contributed by atoms with Crippen molar-refractivity contribution < 1.29 is 18.7 Å². The quantitative estimate of drug-likeness (QED) is 0.230. The Labute approximate surface area is 213 Å². The molecule has 2 aromatic carbocycles. The van der Waals surface area contributed by atoms with Crippen molar-refractivity contribution in [1.82, 2.24) is 19.9 Å². The van der Waals surface area contributed by atoms with Crippen molar-refractivity contribution in [3.05, 3.63) is 71.7 Å². The number of aryl methyl sites for hydroxylation is 1. The first-order valence-electron chi connectivity index (χ1n) is 12.3. The lowest BCUT2D eigenvalue weighted by atomic mass is 9.98. The monoisotopic (exact) mass is 501 g/mol. The average molecular weight is 502 g/mol. The smallest absolute Gasteiger partial charge is 0.239 e. The molecular weight excluding hydrogens is 473 g/mol. The molecule has 2 aromatic heterocycles. The molecule has 0 aliphatic heterocycles. The van der Waals surface area contributed by atoms with Crippen LogP contribution in [0, 0.1) is 18.7 Å². The van der Waals surface area contributed by atoms with Crippen LogP contribution in [0.1, 0.15) is 42.1 Å². The van der Waals surface area contributed by atoms with E-state index in [2.05, 4.69) is 20.7 Å². The Kier molecular flexibility index (Phi) is 6.85. The molecule has 5 rings (SSSR count). The van der Waals surface area contributed by atoms with Gasteiger partial charge < -0.3 is 15.4 Å². The van der Waals surface area contributed by atoms with Crippen LogP contribution in [0.25, 0.3) is 16.9 Å². The van der Waals surface area contributed by atoms with Crippen LogP contribution in [0.5, 0.6) is 11.6 Å². The van der Waals surface area contributed by atoms with Crippen LogP contribution in [-0.4, -0.2) is 39.4 Å². The number of hydrogen-bond donors (Lipinski definition) is 2. The molecule has 1 fully saturated rings. The molecule has 2 heterocycles. The molecule has 0 atom stereocenters. The zero-order valence-electron chi connectivity index (χ0n) is 20.8. The summed E-state index contributed by atoms with van der Waals surface area (Å²) in [5.41, 5.74) is 4.43. The lowest BCUT2D eigenvalue weighted by molar-refractivity contribution is -0.118. The highest BCUT2D eigenvalue weighted by atomic mass is 19.1. The molecule has 0 radical (unpaired) electrons. The van der Waals surface area contributed by atoms with Gasteiger partial charge in [-0.15, -0.1) is 5.10 Å². The zero-order valence-corrected chi connectivity index (χ0v) is 20.8. The first-order valence-corrected chi connectivity index (χ1v) is 12.3. The number of benzene rings is 2. The van der Waals surface area contributed by atoms with Crippen molar-refractivity contribution in [3.8, 4) is 22.9 Å². The number of fused-ring (bicyclic) bond motifs is 1. The van der Waals surface area contributed by atoms with E-state index < -0.39 is 5.82 Å². The SMILES string of the molecule is CC(=O)NCCNc1cc(Oc2cccc(F)c2)nn2c(-c3ccc(C(=O)CC4CC4)c(C)c3)cnc12. The fourth-order valence-corrected chi connectivity index (χ4v) is 4.24. The van der Waals surface area contributed by atoms with E-state index in [1.165, 1.54) is 19.1 Å². The van der Waals surface area contributed by atoms with Crippen LogP contribution in [0.2, 0.25) is 0 Å². The van der Waals surface area contributed by atoms with Gasteiger partial charge in [0.1, 0.15) is 11.6 Å². The molecule has 1 aliphatic rings. The van der Waals surface area contributed by atoms with Gasteiger partial charge in [0.25, 0.3) is 0 Å². The highest BCUT2D eigenvalue weighted by molar-refractivity contribution is 5.98. The second-order valence-corrected chi connectivity index (χ2v) is 9.34. The molecule has 0 saturated heterocycles. The van der Waals surface area contributed by atoms with E-state index in [0.717, 1.165) is 29.5 Å². The third-order valence-electron chi connectivity index (χ3n) is 6.27. The number of carbonyl (C=O) groups is 2. The number of ether oxygens (including phenoxy) is 1. The summed E-state index contributed by atoms with van der Waals surface area (Å²) in [5.74, 6) is 0.734. The maximum Gasteiger partial charge on any atom is 0.239 e. The van der Waals surface area contributed by atoms with E-state index in [1.54, 1.807) is 28.9 Å². The van der Waals surface area contributed by atoms with Crippen molar-refractivity contribution in [2.24, 2.45) is 5.92 Å². The molecule has 9 heteroatoms. The summed E-state index contributed by atoms with van der Waals surface area (Å²) in [6.45, 7) is 4.28. The van der Waals surface area contributed by atoms with Gasteiger partial charge in [-0.25, -0.2) is 13.9 Å². The molecule has 0 bridgehead atoms. The first kappa shape index (κ1) is 24.4. The van der Waals surface area contributed by atoms with E-state index in [-0.39, 0.29) is 17.6 Å². The number of nitrogens with one attached hydrogen (secondary N) is 2. The molecular formula is C28H28FN5O3. The van der Waals surface area contributed by atoms with Gasteiger partial charge >= 0.3 is 0 Å². The number of halogens is 1. The predicted octanol–water partition coefficient (Wildman–Crippen LogP) is 5.17. The van der Waals surface area contributed by atoms with E-state index in [4.69, 9.17) is 4.74 Å². The number of amides is 1. The van der Waals surface area contributed by atoms with Crippen molar-refractivity contribution in [1.29, 1.82) is 0 Å². The summed E-state index contributed by atoms with van der Waals surface area (Å²) in [7, 11) is 0. The molecule has 1 aliphatic carbocycles. The Hall–Kier alpha value is -4.27. The van der Waals surface area contributed by atoms with Gasteiger partial charge in [-0.3, -0.25) is 9.59 Å². The maximum atomic E-state index is 13.7. The molecule has 4 aromatic rings. The van der Waals surface area contributed by atoms with Crippen LogP contribution in [-0.2, 0) is 4.79 Å². The summed E-state index contributed by atoms with van der Waals surface area (Å²) in [5, 5.41) is 10.6. The molecule has 2 N–H and O–H groups in total. The second-order valence-electron chi connectivity index (χ2n) is 9.34. The van der Waals surface area contributed by atoms with E-state index in [0.29, 0.717) is 48.2 Å². The number of hydrogen-bond acceptors (Lipinski definition) is 6. The van der Waals surface area contributed by atoms with Crippen molar-refractivity contribution in [2.45, 2.75) is 33.1 Å². The predicted molar refractivity (Wildman–Crippen MR) is 138 cm³/mol. The zero-order chi connectivity index (χ0) is 25.9.